The SMILES string of the molecule is CN1C(=O)[C@@H](NC(=O)[C@](C)(F)C(=O)O)c2ccccc2-c2ccccc21. The first-order chi connectivity index (χ1) is 12.2. The minimum absolute atomic E-state index is 0.476. The lowest BCUT2D eigenvalue weighted by molar-refractivity contribution is -0.157. The minimum Gasteiger partial charge on any atom is -0.478 e. The number of benzene rings is 2. The lowest BCUT2D eigenvalue weighted by Gasteiger charge is -2.24. The van der Waals surface area contributed by atoms with Gasteiger partial charge in [-0.15, -0.1) is 0 Å². The lowest BCUT2D eigenvalue weighted by Crippen LogP contribution is -2.51. The monoisotopic (exact) mass is 356 g/mol. The third kappa shape index (κ3) is 2.71. The topological polar surface area (TPSA) is 86.7 Å². The van der Waals surface area contributed by atoms with Crippen LogP contribution >= 0.6 is 0 Å². The van der Waals surface area contributed by atoms with Crippen molar-refractivity contribution in [3.63, 3.8) is 0 Å². The Hall–Kier alpha value is -3.22. The molecule has 0 radical (unpaired) electrons. The van der Waals surface area contributed by atoms with Crippen LogP contribution in [0.25, 0.3) is 11.1 Å². The number of aliphatic carboxylic acids is 1. The van der Waals surface area contributed by atoms with E-state index in [0.29, 0.717) is 23.7 Å². The fourth-order valence-electron chi connectivity index (χ4n) is 2.94. The summed E-state index contributed by atoms with van der Waals surface area (Å²) in [6.45, 7) is 0.649. The van der Waals surface area contributed by atoms with Gasteiger partial charge in [0.15, 0.2) is 0 Å². The Morgan fingerprint density at radius 1 is 1.12 bits per heavy atom. The summed E-state index contributed by atoms with van der Waals surface area (Å²) in [5, 5.41) is 11.2. The average molecular weight is 356 g/mol. The zero-order valence-corrected chi connectivity index (χ0v) is 14.2. The van der Waals surface area contributed by atoms with E-state index >= 15 is 0 Å². The highest BCUT2D eigenvalue weighted by Crippen LogP contribution is 2.39. The molecule has 2 aromatic rings. The van der Waals surface area contributed by atoms with Crippen LogP contribution in [0, 0.1) is 0 Å². The number of rotatable bonds is 3. The Morgan fingerprint density at radius 2 is 1.69 bits per heavy atom. The third-order valence-electron chi connectivity index (χ3n) is 4.51. The molecule has 2 aromatic carbocycles. The number of carboxylic acid groups (broad SMARTS) is 1. The van der Waals surface area contributed by atoms with Crippen LogP contribution < -0.4 is 10.2 Å². The lowest BCUT2D eigenvalue weighted by atomic mass is 9.95. The summed E-state index contributed by atoms with van der Waals surface area (Å²) in [5.74, 6) is -3.78. The molecule has 1 aliphatic heterocycles. The number of hydrogen-bond donors (Lipinski definition) is 2. The first-order valence-corrected chi connectivity index (χ1v) is 7.94. The van der Waals surface area contributed by atoms with E-state index in [9.17, 15) is 18.8 Å². The number of carboxylic acids is 1. The highest BCUT2D eigenvalue weighted by atomic mass is 19.1. The van der Waals surface area contributed by atoms with E-state index in [1.54, 1.807) is 43.4 Å². The molecule has 0 aromatic heterocycles. The number of alkyl halides is 1. The second kappa shape index (κ2) is 6.25. The predicted molar refractivity (Wildman–Crippen MR) is 93.3 cm³/mol. The average Bonchev–Trinajstić information content (AvgIpc) is 2.72. The molecule has 6 nitrogen and oxygen atoms in total. The van der Waals surface area contributed by atoms with Gasteiger partial charge in [0.1, 0.15) is 6.04 Å². The number of amides is 2. The number of carbonyl (C=O) groups is 3. The van der Waals surface area contributed by atoms with Crippen molar-refractivity contribution in [3.05, 3.63) is 54.1 Å². The maximum atomic E-state index is 14.2. The van der Waals surface area contributed by atoms with E-state index in [-0.39, 0.29) is 0 Å². The van der Waals surface area contributed by atoms with Crippen LogP contribution in [-0.2, 0) is 14.4 Å². The molecule has 26 heavy (non-hydrogen) atoms. The van der Waals surface area contributed by atoms with Crippen molar-refractivity contribution in [2.75, 3.05) is 11.9 Å². The predicted octanol–water partition coefficient (Wildman–Crippen LogP) is 2.30. The Labute approximate surface area is 149 Å². The third-order valence-corrected chi connectivity index (χ3v) is 4.51. The van der Waals surface area contributed by atoms with Gasteiger partial charge in [-0.1, -0.05) is 42.5 Å². The standard InChI is InChI=1S/C19H17FN2O4/c1-19(20,18(25)26)17(24)21-15-13-9-4-3-7-11(13)12-8-5-6-10-14(12)22(2)16(15)23/h3-10,15H,1-2H3,(H,21,24)(H,25,26)/t15-,19-/m0/s1. The van der Waals surface area contributed by atoms with Crippen LogP contribution in [-0.4, -0.2) is 35.6 Å². The molecule has 0 spiro atoms. The maximum Gasteiger partial charge on any atom is 0.351 e. The van der Waals surface area contributed by atoms with Crippen LogP contribution in [0.4, 0.5) is 10.1 Å². The van der Waals surface area contributed by atoms with Gasteiger partial charge in [-0.05, 0) is 24.1 Å². The zero-order valence-electron chi connectivity index (χ0n) is 14.2. The van der Waals surface area contributed by atoms with Crippen LogP contribution in [0.2, 0.25) is 0 Å². The molecule has 2 amide bonds. The van der Waals surface area contributed by atoms with Gasteiger partial charge in [0.25, 0.3) is 17.5 Å². The van der Waals surface area contributed by atoms with Gasteiger partial charge in [-0.25, -0.2) is 9.18 Å². The van der Waals surface area contributed by atoms with Crippen LogP contribution in [0.5, 0.6) is 0 Å². The van der Waals surface area contributed by atoms with Crippen molar-refractivity contribution in [3.8, 4) is 11.1 Å². The first kappa shape index (κ1) is 17.6. The quantitative estimate of drug-likeness (QED) is 0.826. The molecule has 0 bridgehead atoms. The highest BCUT2D eigenvalue weighted by molar-refractivity contribution is 6.09. The smallest absolute Gasteiger partial charge is 0.351 e. The van der Waals surface area contributed by atoms with E-state index < -0.39 is 29.5 Å². The van der Waals surface area contributed by atoms with Crippen molar-refractivity contribution >= 4 is 23.5 Å². The van der Waals surface area contributed by atoms with Crippen molar-refractivity contribution < 1.29 is 23.9 Å². The Bertz CT molecular complexity index is 910. The summed E-state index contributed by atoms with van der Waals surface area (Å²) < 4.78 is 14.2. The molecule has 0 saturated carbocycles. The van der Waals surface area contributed by atoms with E-state index in [1.165, 1.54) is 4.90 Å². The number of anilines is 1. The van der Waals surface area contributed by atoms with Crippen LogP contribution in [0.3, 0.4) is 0 Å². The molecular formula is C19H17FN2O4. The molecule has 2 N–H and O–H groups in total. The summed E-state index contributed by atoms with van der Waals surface area (Å²) in [4.78, 5) is 37.5. The van der Waals surface area contributed by atoms with E-state index in [1.807, 2.05) is 12.1 Å². The summed E-state index contributed by atoms with van der Waals surface area (Å²) in [6.07, 6.45) is 0. The second-order valence-electron chi connectivity index (χ2n) is 6.22. The number of hydrogen-bond acceptors (Lipinski definition) is 3. The molecule has 0 unspecified atom stereocenters. The fourth-order valence-corrected chi connectivity index (χ4v) is 2.94. The van der Waals surface area contributed by atoms with Gasteiger partial charge in [-0.3, -0.25) is 9.59 Å². The number of nitrogens with one attached hydrogen (secondary N) is 1. The second-order valence-corrected chi connectivity index (χ2v) is 6.22. The summed E-state index contributed by atoms with van der Waals surface area (Å²) in [7, 11) is 1.55. The van der Waals surface area contributed by atoms with Crippen LogP contribution in [0.1, 0.15) is 18.5 Å². The number of carbonyl (C=O) groups excluding carboxylic acids is 2. The molecule has 134 valence electrons. The van der Waals surface area contributed by atoms with E-state index in [4.69, 9.17) is 5.11 Å². The van der Waals surface area contributed by atoms with Gasteiger partial charge < -0.3 is 15.3 Å². The molecule has 1 heterocycles. The minimum atomic E-state index is -3.15. The number of likely N-dealkylation sites (N-methyl/N-ethyl adjacent to an activating group) is 1. The van der Waals surface area contributed by atoms with E-state index in [0.717, 1.165) is 5.56 Å². The Morgan fingerprint density at radius 3 is 2.35 bits per heavy atom. The number of halogens is 1. The van der Waals surface area contributed by atoms with Gasteiger partial charge in [0, 0.05) is 12.6 Å². The number of fused-ring (bicyclic) bond motifs is 3. The first-order valence-electron chi connectivity index (χ1n) is 7.94. The summed E-state index contributed by atoms with van der Waals surface area (Å²) >= 11 is 0. The van der Waals surface area contributed by atoms with Gasteiger partial charge in [-0.2, -0.15) is 0 Å². The Balaban J connectivity index is 2.12. The van der Waals surface area contributed by atoms with Gasteiger partial charge in [0.2, 0.25) is 0 Å². The summed E-state index contributed by atoms with van der Waals surface area (Å²) in [5.41, 5.74) is -0.529. The van der Waals surface area contributed by atoms with Crippen molar-refractivity contribution in [2.45, 2.75) is 18.6 Å². The molecule has 0 fully saturated rings. The van der Waals surface area contributed by atoms with E-state index in [2.05, 4.69) is 5.32 Å². The largest absolute Gasteiger partial charge is 0.478 e. The molecule has 7 heteroatoms. The van der Waals surface area contributed by atoms with Crippen molar-refractivity contribution in [2.24, 2.45) is 0 Å². The zero-order chi connectivity index (χ0) is 19.1. The van der Waals surface area contributed by atoms with Gasteiger partial charge in [0.05, 0.1) is 5.69 Å². The van der Waals surface area contributed by atoms with Gasteiger partial charge >= 0.3 is 5.97 Å². The molecule has 0 saturated heterocycles. The number of para-hydroxylation sites is 1. The summed E-state index contributed by atoms with van der Waals surface area (Å²) in [6, 6.07) is 13.0. The molecule has 1 aliphatic rings. The fraction of sp³-hybridized carbons (Fsp3) is 0.211. The molecule has 2 atom stereocenters. The van der Waals surface area contributed by atoms with Crippen molar-refractivity contribution in [1.82, 2.24) is 5.32 Å². The molecule has 3 rings (SSSR count). The van der Waals surface area contributed by atoms with Crippen LogP contribution in [0.15, 0.2) is 48.5 Å². The highest BCUT2D eigenvalue weighted by Gasteiger charge is 2.44. The molecule has 0 aliphatic carbocycles. The van der Waals surface area contributed by atoms with Crippen molar-refractivity contribution in [1.29, 1.82) is 0 Å². The normalized spacial score (nSPS) is 18.2. The Kier molecular flexibility index (Phi) is 4.23. The maximum absolute atomic E-state index is 14.2. The molecular weight excluding hydrogens is 339 g/mol. The number of nitrogens with zero attached hydrogens (tertiary/aromatic N) is 1.